The van der Waals surface area contributed by atoms with Gasteiger partial charge in [-0.25, -0.2) is 0 Å². The smallest absolute Gasteiger partial charge is 0.0723 e. The molecule has 151 valence electrons. The van der Waals surface area contributed by atoms with Gasteiger partial charge in [0, 0.05) is 32.5 Å². The summed E-state index contributed by atoms with van der Waals surface area (Å²) in [6.07, 6.45) is 0. The fourth-order valence-corrected chi connectivity index (χ4v) is 3.92. The standard InChI is InChI=1S/C25H25N2.CH4.Re/c1-15-7-6-8-16(2)24(15)25-23-12-18(4)17(3)11-22(23)21-13-20(26-5)10-9-19(21)14-27-25;;/h6-8,10-13,26H,14H2,1-5H3;1H4;/q-1;;. The van der Waals surface area contributed by atoms with E-state index < -0.39 is 0 Å². The van der Waals surface area contributed by atoms with Gasteiger partial charge in [0.15, 0.2) is 0 Å². The van der Waals surface area contributed by atoms with Gasteiger partial charge in [0.25, 0.3) is 0 Å². The van der Waals surface area contributed by atoms with E-state index in [0.717, 1.165) is 17.0 Å². The fourth-order valence-electron chi connectivity index (χ4n) is 3.92. The number of hydrogen-bond donors (Lipinski definition) is 1. The van der Waals surface area contributed by atoms with Gasteiger partial charge >= 0.3 is 0 Å². The number of nitrogens with zero attached hydrogens (tertiary/aromatic N) is 1. The van der Waals surface area contributed by atoms with Crippen molar-refractivity contribution in [3.8, 4) is 11.1 Å². The summed E-state index contributed by atoms with van der Waals surface area (Å²) in [7, 11) is 1.95. The maximum Gasteiger partial charge on any atom is 0.0723 e. The van der Waals surface area contributed by atoms with Crippen molar-refractivity contribution in [2.75, 3.05) is 12.4 Å². The predicted octanol–water partition coefficient (Wildman–Crippen LogP) is 6.41. The van der Waals surface area contributed by atoms with Crippen LogP contribution in [-0.2, 0) is 27.0 Å². The van der Waals surface area contributed by atoms with Crippen molar-refractivity contribution in [3.05, 3.63) is 87.5 Å². The van der Waals surface area contributed by atoms with Crippen LogP contribution in [0.1, 0.15) is 46.4 Å². The van der Waals surface area contributed by atoms with E-state index in [-0.39, 0.29) is 27.8 Å². The molecule has 1 heterocycles. The molecule has 0 saturated carbocycles. The molecule has 3 heteroatoms. The number of fused-ring (bicyclic) bond motifs is 3. The molecule has 2 nitrogen and oxygen atoms in total. The average Bonchev–Trinajstić information content (AvgIpc) is 2.79. The molecule has 0 unspecified atom stereocenters. The summed E-state index contributed by atoms with van der Waals surface area (Å²) in [5.74, 6) is 0. The number of rotatable bonds is 2. The first-order chi connectivity index (χ1) is 13.0. The summed E-state index contributed by atoms with van der Waals surface area (Å²) in [6.45, 7) is 9.36. The summed E-state index contributed by atoms with van der Waals surface area (Å²) in [5, 5.41) is 3.25. The van der Waals surface area contributed by atoms with Gasteiger partial charge in [-0.3, -0.25) is 4.99 Å². The molecule has 1 radical (unpaired) electrons. The van der Waals surface area contributed by atoms with Crippen molar-refractivity contribution in [2.45, 2.75) is 41.7 Å². The minimum atomic E-state index is 0. The first kappa shape index (κ1) is 23.1. The number of hydrogen-bond acceptors (Lipinski definition) is 2. The van der Waals surface area contributed by atoms with E-state index in [1.165, 1.54) is 44.5 Å². The number of aliphatic imine (C=N–C) groups is 1. The molecular formula is C26H29N2Re-. The molecule has 0 saturated heterocycles. The molecule has 1 N–H and O–H groups in total. The molecule has 29 heavy (non-hydrogen) atoms. The van der Waals surface area contributed by atoms with Crippen LogP contribution in [0.2, 0.25) is 0 Å². The molecule has 1 aliphatic rings. The van der Waals surface area contributed by atoms with Gasteiger partial charge in [0.1, 0.15) is 0 Å². The fraction of sp³-hybridized carbons (Fsp3) is 0.269. The third kappa shape index (κ3) is 4.08. The van der Waals surface area contributed by atoms with Crippen LogP contribution in [0.25, 0.3) is 11.1 Å². The maximum absolute atomic E-state index is 5.09. The van der Waals surface area contributed by atoms with Crippen molar-refractivity contribution >= 4 is 11.4 Å². The second-order valence-corrected chi connectivity index (χ2v) is 7.44. The van der Waals surface area contributed by atoms with E-state index in [0.29, 0.717) is 6.54 Å². The Kier molecular flexibility index (Phi) is 7.22. The molecule has 0 aliphatic carbocycles. The van der Waals surface area contributed by atoms with Crippen LogP contribution < -0.4 is 5.32 Å². The third-order valence-corrected chi connectivity index (χ3v) is 5.61. The van der Waals surface area contributed by atoms with Gasteiger partial charge < -0.3 is 5.32 Å². The monoisotopic (exact) mass is 556 g/mol. The van der Waals surface area contributed by atoms with Gasteiger partial charge in [0.2, 0.25) is 0 Å². The van der Waals surface area contributed by atoms with Crippen molar-refractivity contribution in [1.29, 1.82) is 0 Å². The molecule has 4 rings (SSSR count). The molecule has 0 amide bonds. The van der Waals surface area contributed by atoms with Crippen LogP contribution >= 0.6 is 0 Å². The van der Waals surface area contributed by atoms with Crippen LogP contribution in [-0.4, -0.2) is 12.8 Å². The molecular weight excluding hydrogens is 527 g/mol. The molecule has 3 aromatic rings. The summed E-state index contributed by atoms with van der Waals surface area (Å²) >= 11 is 0. The van der Waals surface area contributed by atoms with Gasteiger partial charge in [-0.15, -0.1) is 17.2 Å². The Labute approximate surface area is 189 Å². The third-order valence-electron chi connectivity index (χ3n) is 5.61. The molecule has 0 aromatic heterocycles. The first-order valence-electron chi connectivity index (χ1n) is 9.45. The van der Waals surface area contributed by atoms with Crippen molar-refractivity contribution < 1.29 is 20.4 Å². The van der Waals surface area contributed by atoms with Gasteiger partial charge in [-0.05, 0) is 62.6 Å². The van der Waals surface area contributed by atoms with E-state index in [9.17, 15) is 0 Å². The van der Waals surface area contributed by atoms with E-state index in [1.807, 2.05) is 13.1 Å². The summed E-state index contributed by atoms with van der Waals surface area (Å²) in [5.41, 5.74) is 13.4. The second kappa shape index (κ2) is 9.08. The Bertz CT molecular complexity index is 1060. The summed E-state index contributed by atoms with van der Waals surface area (Å²) in [4.78, 5) is 5.09. The Balaban J connectivity index is 0.00000150. The van der Waals surface area contributed by atoms with Crippen molar-refractivity contribution in [2.24, 2.45) is 4.99 Å². The minimum absolute atomic E-state index is 0. The van der Waals surface area contributed by atoms with E-state index >= 15 is 0 Å². The molecule has 0 fully saturated rings. The van der Waals surface area contributed by atoms with Crippen molar-refractivity contribution in [1.82, 2.24) is 0 Å². The number of aryl methyl sites for hydroxylation is 4. The van der Waals surface area contributed by atoms with Gasteiger partial charge in [0.05, 0.1) is 5.71 Å². The van der Waals surface area contributed by atoms with Crippen LogP contribution in [0.4, 0.5) is 5.69 Å². The Morgan fingerprint density at radius 3 is 2.10 bits per heavy atom. The zero-order valence-electron chi connectivity index (χ0n) is 17.1. The molecule has 0 atom stereocenters. The molecule has 3 aromatic carbocycles. The van der Waals surface area contributed by atoms with Gasteiger partial charge in [-0.1, -0.05) is 49.0 Å². The van der Waals surface area contributed by atoms with Crippen molar-refractivity contribution in [3.63, 3.8) is 0 Å². The number of nitrogens with one attached hydrogen (secondary N) is 1. The Hall–Kier alpha value is -2.21. The first-order valence-corrected chi connectivity index (χ1v) is 9.45. The molecule has 1 aliphatic heterocycles. The largest absolute Gasteiger partial charge is 0.439 e. The van der Waals surface area contributed by atoms with E-state index in [4.69, 9.17) is 4.99 Å². The van der Waals surface area contributed by atoms with Gasteiger partial charge in [-0.2, -0.15) is 12.1 Å². The zero-order valence-corrected chi connectivity index (χ0v) is 19.8. The van der Waals surface area contributed by atoms with E-state index in [2.05, 4.69) is 75.5 Å². The predicted molar refractivity (Wildman–Crippen MR) is 122 cm³/mol. The molecule has 0 bridgehead atoms. The Morgan fingerprint density at radius 1 is 0.862 bits per heavy atom. The van der Waals surface area contributed by atoms with Crippen LogP contribution in [0.15, 0.2) is 47.5 Å². The Morgan fingerprint density at radius 2 is 1.48 bits per heavy atom. The van der Waals surface area contributed by atoms with Crippen LogP contribution in [0.5, 0.6) is 0 Å². The van der Waals surface area contributed by atoms with Crippen LogP contribution in [0.3, 0.4) is 0 Å². The minimum Gasteiger partial charge on any atom is -0.439 e. The topological polar surface area (TPSA) is 24.4 Å². The zero-order chi connectivity index (χ0) is 19.1. The summed E-state index contributed by atoms with van der Waals surface area (Å²) in [6, 6.07) is 18.8. The normalized spacial score (nSPS) is 11.8. The average molecular weight is 556 g/mol. The van der Waals surface area contributed by atoms with E-state index in [1.54, 1.807) is 0 Å². The quantitative estimate of drug-likeness (QED) is 0.363. The summed E-state index contributed by atoms with van der Waals surface area (Å²) < 4.78 is 0. The second-order valence-electron chi connectivity index (χ2n) is 7.44. The SMILES string of the molecule is C.CNc1c[c-]c2c(c1)-c1cc(C)c(C)cc1C(c1c(C)cccc1C)=NC2.[Re]. The maximum atomic E-state index is 5.09. The van der Waals surface area contributed by atoms with Crippen LogP contribution in [0, 0.1) is 33.8 Å². The number of benzene rings is 3. The number of anilines is 1. The molecule has 0 spiro atoms.